The van der Waals surface area contributed by atoms with Gasteiger partial charge in [0.25, 0.3) is 0 Å². The Kier molecular flexibility index (Phi) is 5.20. The van der Waals surface area contributed by atoms with E-state index in [1.54, 1.807) is 12.3 Å². The van der Waals surface area contributed by atoms with E-state index in [9.17, 15) is 8.78 Å². The summed E-state index contributed by atoms with van der Waals surface area (Å²) < 4.78 is 29.1. The van der Waals surface area contributed by atoms with Gasteiger partial charge in [0.2, 0.25) is 0 Å². The van der Waals surface area contributed by atoms with E-state index in [2.05, 4.69) is 25.4 Å². The fourth-order valence-corrected chi connectivity index (χ4v) is 3.15. The molecule has 0 atom stereocenters. The van der Waals surface area contributed by atoms with Crippen molar-refractivity contribution in [2.24, 2.45) is 0 Å². The van der Waals surface area contributed by atoms with Crippen molar-refractivity contribution in [1.29, 1.82) is 0 Å². The average molecular weight is 407 g/mol. The fourth-order valence-electron chi connectivity index (χ4n) is 3.15. The Morgan fingerprint density at radius 1 is 1.03 bits per heavy atom. The van der Waals surface area contributed by atoms with Gasteiger partial charge in [0, 0.05) is 18.3 Å². The number of anilines is 1. The highest BCUT2D eigenvalue weighted by atomic mass is 19.2. The van der Waals surface area contributed by atoms with E-state index in [1.165, 1.54) is 17.7 Å². The molecule has 152 valence electrons. The summed E-state index contributed by atoms with van der Waals surface area (Å²) >= 11 is 0. The van der Waals surface area contributed by atoms with Crippen LogP contribution in [-0.4, -0.2) is 44.2 Å². The average Bonchev–Trinajstić information content (AvgIpc) is 3.20. The van der Waals surface area contributed by atoms with E-state index in [1.807, 2.05) is 38.4 Å². The highest BCUT2D eigenvalue weighted by Gasteiger charge is 2.19. The second-order valence-corrected chi connectivity index (χ2v) is 7.08. The van der Waals surface area contributed by atoms with E-state index >= 15 is 0 Å². The summed E-state index contributed by atoms with van der Waals surface area (Å²) in [5, 5.41) is 11.4. The van der Waals surface area contributed by atoms with Gasteiger partial charge >= 0.3 is 0 Å². The van der Waals surface area contributed by atoms with Crippen LogP contribution < -0.4 is 5.73 Å². The fraction of sp³-hybridized carbons (Fsp3) is 0.143. The molecule has 0 saturated heterocycles. The zero-order valence-corrected chi connectivity index (χ0v) is 16.4. The summed E-state index contributed by atoms with van der Waals surface area (Å²) in [6, 6.07) is 13.6. The summed E-state index contributed by atoms with van der Waals surface area (Å²) in [6.07, 6.45) is 1.65. The molecule has 7 nitrogen and oxygen atoms in total. The lowest BCUT2D eigenvalue weighted by Crippen LogP contribution is -2.10. The Labute approximate surface area is 171 Å². The normalized spacial score (nSPS) is 11.2. The molecule has 2 heterocycles. The minimum Gasteiger partial charge on any atom is -0.383 e. The van der Waals surface area contributed by atoms with Crippen molar-refractivity contribution in [3.05, 3.63) is 71.9 Å². The molecule has 9 heteroatoms. The molecule has 0 spiro atoms. The molecule has 0 unspecified atom stereocenters. The largest absolute Gasteiger partial charge is 0.383 e. The SMILES string of the molecule is CN(C)Cc1ccc(-c2cnc(N)c(-c3nnnn3-c3cccc(F)c3F)c2)cc1. The van der Waals surface area contributed by atoms with Gasteiger partial charge in [-0.1, -0.05) is 30.3 Å². The van der Waals surface area contributed by atoms with Crippen molar-refractivity contribution in [2.75, 3.05) is 19.8 Å². The Morgan fingerprint density at radius 3 is 2.53 bits per heavy atom. The molecule has 0 aliphatic heterocycles. The zero-order valence-electron chi connectivity index (χ0n) is 16.4. The van der Waals surface area contributed by atoms with Gasteiger partial charge in [0.15, 0.2) is 17.5 Å². The number of tetrazole rings is 1. The third kappa shape index (κ3) is 3.74. The second-order valence-electron chi connectivity index (χ2n) is 7.08. The summed E-state index contributed by atoms with van der Waals surface area (Å²) in [6.45, 7) is 0.833. The van der Waals surface area contributed by atoms with Crippen LogP contribution in [0.1, 0.15) is 5.56 Å². The van der Waals surface area contributed by atoms with Crippen molar-refractivity contribution in [3.63, 3.8) is 0 Å². The molecule has 4 aromatic rings. The molecular weight excluding hydrogens is 388 g/mol. The van der Waals surface area contributed by atoms with Crippen LogP contribution in [0.4, 0.5) is 14.6 Å². The Balaban J connectivity index is 1.76. The van der Waals surface area contributed by atoms with Crippen LogP contribution in [0.15, 0.2) is 54.7 Å². The first kappa shape index (κ1) is 19.6. The lowest BCUT2D eigenvalue weighted by molar-refractivity contribution is 0.402. The van der Waals surface area contributed by atoms with Crippen LogP contribution in [0.25, 0.3) is 28.2 Å². The third-order valence-electron chi connectivity index (χ3n) is 4.57. The smallest absolute Gasteiger partial charge is 0.190 e. The van der Waals surface area contributed by atoms with Gasteiger partial charge in [-0.25, -0.2) is 13.8 Å². The van der Waals surface area contributed by atoms with Gasteiger partial charge in [0.1, 0.15) is 11.5 Å². The Hall–Kier alpha value is -3.72. The molecule has 0 aliphatic carbocycles. The number of halogens is 2. The molecule has 0 saturated carbocycles. The van der Waals surface area contributed by atoms with E-state index in [-0.39, 0.29) is 17.3 Å². The van der Waals surface area contributed by atoms with Gasteiger partial charge in [-0.3, -0.25) is 0 Å². The molecule has 0 fully saturated rings. The van der Waals surface area contributed by atoms with Crippen molar-refractivity contribution < 1.29 is 8.78 Å². The minimum atomic E-state index is -1.05. The molecule has 2 aromatic carbocycles. The van der Waals surface area contributed by atoms with Crippen LogP contribution in [0.2, 0.25) is 0 Å². The molecule has 0 bridgehead atoms. The van der Waals surface area contributed by atoms with E-state index in [0.29, 0.717) is 5.56 Å². The Morgan fingerprint density at radius 2 is 1.80 bits per heavy atom. The molecule has 30 heavy (non-hydrogen) atoms. The topological polar surface area (TPSA) is 85.8 Å². The number of rotatable bonds is 5. The minimum absolute atomic E-state index is 0.118. The predicted octanol–water partition coefficient (Wildman–Crippen LogP) is 3.31. The Bertz CT molecular complexity index is 1190. The van der Waals surface area contributed by atoms with Crippen LogP contribution in [0.3, 0.4) is 0 Å². The number of nitrogens with two attached hydrogens (primary N) is 1. The highest BCUT2D eigenvalue weighted by molar-refractivity contribution is 5.76. The monoisotopic (exact) mass is 407 g/mol. The molecule has 0 radical (unpaired) electrons. The summed E-state index contributed by atoms with van der Waals surface area (Å²) in [4.78, 5) is 6.34. The van der Waals surface area contributed by atoms with Crippen LogP contribution >= 0.6 is 0 Å². The standard InChI is InChI=1S/C21H19F2N7/c1-29(2)12-13-6-8-14(9-7-13)15-10-16(20(24)25-11-15)21-26-27-28-30(21)18-5-3-4-17(22)19(18)23/h3-11H,12H2,1-2H3,(H2,24,25). The van der Waals surface area contributed by atoms with Crippen LogP contribution in [0, 0.1) is 11.6 Å². The van der Waals surface area contributed by atoms with Crippen molar-refractivity contribution in [3.8, 4) is 28.2 Å². The molecule has 2 aromatic heterocycles. The lowest BCUT2D eigenvalue weighted by atomic mass is 10.0. The molecule has 0 amide bonds. The maximum Gasteiger partial charge on any atom is 0.190 e. The van der Waals surface area contributed by atoms with Gasteiger partial charge in [0.05, 0.1) is 5.56 Å². The van der Waals surface area contributed by atoms with Crippen LogP contribution in [-0.2, 0) is 6.54 Å². The summed E-state index contributed by atoms with van der Waals surface area (Å²) in [7, 11) is 4.02. The maximum atomic E-state index is 14.3. The summed E-state index contributed by atoms with van der Waals surface area (Å²) in [5.41, 5.74) is 9.26. The molecule has 0 aliphatic rings. The highest BCUT2D eigenvalue weighted by Crippen LogP contribution is 2.30. The van der Waals surface area contributed by atoms with E-state index < -0.39 is 11.6 Å². The van der Waals surface area contributed by atoms with Crippen molar-refractivity contribution >= 4 is 5.82 Å². The quantitative estimate of drug-likeness (QED) is 0.546. The van der Waals surface area contributed by atoms with Gasteiger partial charge in [-0.05, 0) is 53.8 Å². The first-order valence-corrected chi connectivity index (χ1v) is 9.16. The summed E-state index contributed by atoms with van der Waals surface area (Å²) in [5.74, 6) is -1.71. The lowest BCUT2D eigenvalue weighted by Gasteiger charge is -2.11. The molecule has 4 rings (SSSR count). The number of benzene rings is 2. The van der Waals surface area contributed by atoms with E-state index in [0.717, 1.165) is 28.4 Å². The van der Waals surface area contributed by atoms with E-state index in [4.69, 9.17) is 5.73 Å². The van der Waals surface area contributed by atoms with Gasteiger partial charge in [-0.15, -0.1) is 5.10 Å². The van der Waals surface area contributed by atoms with Gasteiger partial charge < -0.3 is 10.6 Å². The number of aromatic nitrogens is 5. The zero-order chi connectivity index (χ0) is 21.3. The molecule has 2 N–H and O–H groups in total. The maximum absolute atomic E-state index is 14.3. The van der Waals surface area contributed by atoms with Crippen molar-refractivity contribution in [2.45, 2.75) is 6.54 Å². The number of pyridine rings is 1. The predicted molar refractivity (Wildman–Crippen MR) is 110 cm³/mol. The second kappa shape index (κ2) is 7.96. The van der Waals surface area contributed by atoms with Crippen LogP contribution in [0.5, 0.6) is 0 Å². The third-order valence-corrected chi connectivity index (χ3v) is 4.57. The number of hydrogen-bond donors (Lipinski definition) is 1. The van der Waals surface area contributed by atoms with Crippen molar-refractivity contribution in [1.82, 2.24) is 30.1 Å². The van der Waals surface area contributed by atoms with Gasteiger partial charge in [-0.2, -0.15) is 4.68 Å². The number of nitrogens with zero attached hydrogens (tertiary/aromatic N) is 6. The first-order chi connectivity index (χ1) is 14.4. The number of hydrogen-bond acceptors (Lipinski definition) is 6. The first-order valence-electron chi connectivity index (χ1n) is 9.16. The number of nitrogen functional groups attached to an aromatic ring is 1. The molecular formula is C21H19F2N7.